The third-order valence-electron chi connectivity index (χ3n) is 0.681. The number of hydrogen-bond acceptors (Lipinski definition) is 4. The van der Waals surface area contributed by atoms with Crippen molar-refractivity contribution in [2.45, 2.75) is 0 Å². The summed E-state index contributed by atoms with van der Waals surface area (Å²) in [5.41, 5.74) is 0. The zero-order valence-corrected chi connectivity index (χ0v) is 6.51. The highest BCUT2D eigenvalue weighted by Crippen LogP contribution is 1.85. The third-order valence-corrected chi connectivity index (χ3v) is 1.37. The molecule has 0 aliphatic carbocycles. The molecule has 0 saturated carbocycles. The highest BCUT2D eigenvalue weighted by atomic mass is 32.2. The fourth-order valence-electron chi connectivity index (χ4n) is 0.235. The third kappa shape index (κ3) is 4.22. The molecule has 0 bridgehead atoms. The summed E-state index contributed by atoms with van der Waals surface area (Å²) >= 11 is -1.53. The molecular formula is C5H8O4S. The van der Waals surface area contributed by atoms with E-state index in [1.54, 1.807) is 0 Å². The summed E-state index contributed by atoms with van der Waals surface area (Å²) in [6.45, 7) is 0. The molecule has 0 spiro atoms. The zero-order chi connectivity index (χ0) is 7.98. The number of methoxy groups -OCH3 is 1. The van der Waals surface area contributed by atoms with Gasteiger partial charge in [-0.2, -0.15) is 0 Å². The summed E-state index contributed by atoms with van der Waals surface area (Å²) in [6, 6.07) is 0. The molecular weight excluding hydrogens is 156 g/mol. The maximum Gasteiger partial charge on any atom is 0.331 e. The van der Waals surface area contributed by atoms with E-state index in [-0.39, 0.29) is 0 Å². The zero-order valence-electron chi connectivity index (χ0n) is 5.70. The van der Waals surface area contributed by atoms with Crippen LogP contribution in [0.5, 0.6) is 0 Å². The van der Waals surface area contributed by atoms with Crippen molar-refractivity contribution in [1.82, 2.24) is 0 Å². The second-order valence-corrected chi connectivity index (χ2v) is 2.38. The molecule has 1 unspecified atom stereocenters. The minimum atomic E-state index is -1.53. The van der Waals surface area contributed by atoms with E-state index < -0.39 is 17.0 Å². The van der Waals surface area contributed by atoms with Gasteiger partial charge in [0.2, 0.25) is 0 Å². The predicted molar refractivity (Wildman–Crippen MR) is 36.3 cm³/mol. The fraction of sp³-hybridized carbons (Fsp3) is 0.400. The Morgan fingerprint density at radius 1 is 1.50 bits per heavy atom. The first-order chi connectivity index (χ1) is 4.70. The first kappa shape index (κ1) is 9.32. The van der Waals surface area contributed by atoms with Crippen molar-refractivity contribution in [3.05, 3.63) is 11.5 Å². The minimum Gasteiger partial charge on any atom is -0.466 e. The summed E-state index contributed by atoms with van der Waals surface area (Å²) in [5, 5.41) is 1.10. The van der Waals surface area contributed by atoms with Crippen LogP contribution in [0.2, 0.25) is 0 Å². The molecule has 0 heterocycles. The number of carbonyl (C=O) groups excluding carboxylic acids is 1. The van der Waals surface area contributed by atoms with Crippen molar-refractivity contribution in [3.8, 4) is 0 Å². The topological polar surface area (TPSA) is 52.6 Å². The van der Waals surface area contributed by atoms with Crippen molar-refractivity contribution < 1.29 is 17.9 Å². The molecule has 0 aromatic heterocycles. The first-order valence-corrected chi connectivity index (χ1v) is 3.55. The lowest BCUT2D eigenvalue weighted by atomic mass is 10.7. The van der Waals surface area contributed by atoms with Crippen LogP contribution < -0.4 is 0 Å². The van der Waals surface area contributed by atoms with E-state index in [9.17, 15) is 9.00 Å². The molecule has 0 amide bonds. The van der Waals surface area contributed by atoms with Crippen molar-refractivity contribution in [3.63, 3.8) is 0 Å². The van der Waals surface area contributed by atoms with Gasteiger partial charge in [0.1, 0.15) is 0 Å². The van der Waals surface area contributed by atoms with E-state index >= 15 is 0 Å². The summed E-state index contributed by atoms with van der Waals surface area (Å²) in [7, 11) is 2.51. The SMILES string of the molecule is COC(=O)/C=C/S(=O)OC. The van der Waals surface area contributed by atoms with E-state index in [2.05, 4.69) is 8.92 Å². The molecule has 0 aromatic carbocycles. The number of esters is 1. The van der Waals surface area contributed by atoms with Crippen LogP contribution in [0.4, 0.5) is 0 Å². The summed E-state index contributed by atoms with van der Waals surface area (Å²) in [6.07, 6.45) is 1.04. The normalized spacial score (nSPS) is 13.4. The number of carbonyl (C=O) groups is 1. The Hall–Kier alpha value is -0.680. The van der Waals surface area contributed by atoms with Gasteiger partial charge in [-0.05, 0) is 0 Å². The molecule has 0 saturated heterocycles. The minimum absolute atomic E-state index is 0.551. The molecule has 4 nitrogen and oxygen atoms in total. The molecule has 0 rings (SSSR count). The molecule has 1 atom stereocenters. The van der Waals surface area contributed by atoms with Crippen LogP contribution in [0.3, 0.4) is 0 Å². The Morgan fingerprint density at radius 3 is 2.50 bits per heavy atom. The fourth-order valence-corrected chi connectivity index (χ4v) is 0.568. The standard InChI is InChI=1S/C5H8O4S/c1-8-5(6)3-4-10(7)9-2/h3-4H,1-2H3/b4-3+. The van der Waals surface area contributed by atoms with E-state index in [0.717, 1.165) is 11.5 Å². The van der Waals surface area contributed by atoms with Crippen LogP contribution in [-0.4, -0.2) is 24.4 Å². The molecule has 0 N–H and O–H groups in total. The van der Waals surface area contributed by atoms with Gasteiger partial charge in [0.05, 0.1) is 14.2 Å². The van der Waals surface area contributed by atoms with E-state index in [0.29, 0.717) is 0 Å². The average Bonchev–Trinajstić information content (AvgIpc) is 1.99. The Kier molecular flexibility index (Phi) is 4.78. The molecule has 58 valence electrons. The van der Waals surface area contributed by atoms with Crippen LogP contribution in [0, 0.1) is 0 Å². The van der Waals surface area contributed by atoms with E-state index in [4.69, 9.17) is 0 Å². The van der Waals surface area contributed by atoms with Gasteiger partial charge in [-0.15, -0.1) is 0 Å². The lowest BCUT2D eigenvalue weighted by molar-refractivity contribution is -0.134. The molecule has 0 aliphatic rings. The van der Waals surface area contributed by atoms with Gasteiger partial charge in [0.25, 0.3) is 0 Å². The first-order valence-electron chi connectivity index (χ1n) is 2.42. The maximum atomic E-state index is 10.4. The summed E-state index contributed by atoms with van der Waals surface area (Å²) < 4.78 is 19.0. The van der Waals surface area contributed by atoms with Crippen molar-refractivity contribution >= 4 is 17.0 Å². The van der Waals surface area contributed by atoms with Crippen molar-refractivity contribution in [1.29, 1.82) is 0 Å². The highest BCUT2D eigenvalue weighted by Gasteiger charge is 1.92. The molecule has 10 heavy (non-hydrogen) atoms. The van der Waals surface area contributed by atoms with Gasteiger partial charge >= 0.3 is 5.97 Å². The van der Waals surface area contributed by atoms with Gasteiger partial charge in [0.15, 0.2) is 11.1 Å². The Labute approximate surface area is 61.5 Å². The van der Waals surface area contributed by atoms with Gasteiger partial charge in [-0.1, -0.05) is 0 Å². The largest absolute Gasteiger partial charge is 0.466 e. The van der Waals surface area contributed by atoms with Gasteiger partial charge in [0, 0.05) is 11.5 Å². The van der Waals surface area contributed by atoms with Gasteiger partial charge < -0.3 is 4.74 Å². The van der Waals surface area contributed by atoms with Crippen LogP contribution in [0.25, 0.3) is 0 Å². The van der Waals surface area contributed by atoms with Crippen LogP contribution >= 0.6 is 0 Å². The van der Waals surface area contributed by atoms with Gasteiger partial charge in [-0.3, -0.25) is 4.18 Å². The number of hydrogen-bond donors (Lipinski definition) is 0. The Bertz CT molecular complexity index is 145. The summed E-state index contributed by atoms with van der Waals surface area (Å²) in [4.78, 5) is 10.3. The van der Waals surface area contributed by atoms with Crippen LogP contribution in [0.1, 0.15) is 0 Å². The van der Waals surface area contributed by atoms with E-state index in [1.807, 2.05) is 0 Å². The van der Waals surface area contributed by atoms with Crippen molar-refractivity contribution in [2.24, 2.45) is 0 Å². The van der Waals surface area contributed by atoms with Gasteiger partial charge in [-0.25, -0.2) is 9.00 Å². The average molecular weight is 164 g/mol. The smallest absolute Gasteiger partial charge is 0.331 e. The quantitative estimate of drug-likeness (QED) is 0.434. The van der Waals surface area contributed by atoms with E-state index in [1.165, 1.54) is 14.2 Å². The molecule has 0 aromatic rings. The monoisotopic (exact) mass is 164 g/mol. The van der Waals surface area contributed by atoms with Crippen molar-refractivity contribution in [2.75, 3.05) is 14.2 Å². The Morgan fingerprint density at radius 2 is 2.10 bits per heavy atom. The maximum absolute atomic E-state index is 10.4. The lowest BCUT2D eigenvalue weighted by Gasteiger charge is -1.88. The highest BCUT2D eigenvalue weighted by molar-refractivity contribution is 7.83. The molecule has 0 aliphatic heterocycles. The lowest BCUT2D eigenvalue weighted by Crippen LogP contribution is -1.95. The van der Waals surface area contributed by atoms with Crippen LogP contribution in [-0.2, 0) is 24.8 Å². The molecule has 0 fully saturated rings. The molecule has 0 radical (unpaired) electrons. The predicted octanol–water partition coefficient (Wildman–Crippen LogP) is -0.0168. The second-order valence-electron chi connectivity index (χ2n) is 1.25. The summed E-state index contributed by atoms with van der Waals surface area (Å²) in [5.74, 6) is -0.551. The Balaban J connectivity index is 3.75. The van der Waals surface area contributed by atoms with Crippen LogP contribution in [0.15, 0.2) is 11.5 Å². The molecule has 5 heteroatoms. The number of rotatable bonds is 3. The number of ether oxygens (including phenoxy) is 1. The second kappa shape index (κ2) is 5.13.